The molecule has 14 heavy (non-hydrogen) atoms. The highest BCUT2D eigenvalue weighted by molar-refractivity contribution is 7.13. The van der Waals surface area contributed by atoms with Crippen molar-refractivity contribution in [3.8, 4) is 0 Å². The fourth-order valence-corrected chi connectivity index (χ4v) is 2.66. The first-order valence-electron chi connectivity index (χ1n) is 4.95. The van der Waals surface area contributed by atoms with E-state index in [0.29, 0.717) is 0 Å². The Morgan fingerprint density at radius 2 is 2.50 bits per heavy atom. The minimum Gasteiger partial charge on any atom is -0.338 e. The Morgan fingerprint density at radius 3 is 3.14 bits per heavy atom. The zero-order valence-electron chi connectivity index (χ0n) is 8.27. The molecule has 1 aromatic heterocycles. The summed E-state index contributed by atoms with van der Waals surface area (Å²) in [5.41, 5.74) is 0. The second kappa shape index (κ2) is 4.09. The summed E-state index contributed by atoms with van der Waals surface area (Å²) in [7, 11) is 0. The summed E-state index contributed by atoms with van der Waals surface area (Å²) >= 11 is 1.61. The fraction of sp³-hybridized carbons (Fsp3) is 0.600. The molecular weight excluding hydrogens is 196 g/mol. The predicted octanol–water partition coefficient (Wildman–Crippen LogP) is 2.09. The van der Waals surface area contributed by atoms with Crippen LogP contribution in [0.15, 0.2) is 11.6 Å². The molecule has 0 aromatic carbocycles. The van der Waals surface area contributed by atoms with Gasteiger partial charge in [0.15, 0.2) is 10.9 Å². The predicted molar refractivity (Wildman–Crippen MR) is 57.8 cm³/mol. The van der Waals surface area contributed by atoms with Crippen LogP contribution in [0, 0.1) is 0 Å². The van der Waals surface area contributed by atoms with Gasteiger partial charge in [-0.2, -0.15) is 0 Å². The number of anilines is 1. The van der Waals surface area contributed by atoms with E-state index in [0.717, 1.165) is 24.5 Å². The van der Waals surface area contributed by atoms with Crippen LogP contribution in [0.1, 0.15) is 26.2 Å². The molecule has 76 valence electrons. The summed E-state index contributed by atoms with van der Waals surface area (Å²) < 4.78 is 0. The normalized spacial score (nSPS) is 22.4. The molecule has 3 nitrogen and oxygen atoms in total. The third-order valence-corrected chi connectivity index (χ3v) is 3.45. The van der Waals surface area contributed by atoms with Gasteiger partial charge in [0.1, 0.15) is 0 Å². The maximum Gasteiger partial charge on any atom is 0.185 e. The van der Waals surface area contributed by atoms with E-state index in [1.807, 2.05) is 5.38 Å². The maximum atomic E-state index is 11.4. The Hall–Kier alpha value is -0.900. The lowest BCUT2D eigenvalue weighted by Crippen LogP contribution is -2.43. The van der Waals surface area contributed by atoms with Crippen molar-refractivity contribution < 1.29 is 4.79 Å². The van der Waals surface area contributed by atoms with Crippen molar-refractivity contribution in [3.05, 3.63) is 11.6 Å². The molecule has 2 rings (SSSR count). The maximum absolute atomic E-state index is 11.4. The lowest BCUT2D eigenvalue weighted by Gasteiger charge is -2.33. The molecule has 2 heterocycles. The van der Waals surface area contributed by atoms with Crippen molar-refractivity contribution >= 4 is 22.3 Å². The van der Waals surface area contributed by atoms with Crippen LogP contribution in [0.2, 0.25) is 0 Å². The molecule has 1 aromatic rings. The van der Waals surface area contributed by atoms with Gasteiger partial charge in [-0.3, -0.25) is 4.79 Å². The van der Waals surface area contributed by atoms with Gasteiger partial charge in [0.05, 0.1) is 6.04 Å². The second-order valence-electron chi connectivity index (χ2n) is 3.63. The highest BCUT2D eigenvalue weighted by atomic mass is 32.1. The molecule has 1 atom stereocenters. The third kappa shape index (κ3) is 1.80. The summed E-state index contributed by atoms with van der Waals surface area (Å²) in [6, 6.07) is 0.0647. The number of hydrogen-bond acceptors (Lipinski definition) is 4. The lowest BCUT2D eigenvalue weighted by molar-refractivity contribution is -0.118. The van der Waals surface area contributed by atoms with Crippen LogP contribution in [0.25, 0.3) is 0 Å². The van der Waals surface area contributed by atoms with Crippen LogP contribution in [0.3, 0.4) is 0 Å². The SMILES string of the molecule is CC(=O)C1CCCCN1c1nccs1. The number of hydrogen-bond donors (Lipinski definition) is 0. The van der Waals surface area contributed by atoms with E-state index in [9.17, 15) is 4.79 Å². The minimum atomic E-state index is 0.0647. The zero-order chi connectivity index (χ0) is 9.97. The number of Topliss-reactive ketones (excluding diaryl/α,β-unsaturated/α-hetero) is 1. The van der Waals surface area contributed by atoms with Crippen LogP contribution in [-0.4, -0.2) is 23.4 Å². The largest absolute Gasteiger partial charge is 0.338 e. The number of nitrogens with zero attached hydrogens (tertiary/aromatic N) is 2. The van der Waals surface area contributed by atoms with Gasteiger partial charge >= 0.3 is 0 Å². The average molecular weight is 210 g/mol. The summed E-state index contributed by atoms with van der Waals surface area (Å²) in [6.07, 6.45) is 5.11. The molecule has 0 radical (unpaired) electrons. The molecule has 0 amide bonds. The Labute approximate surface area is 87.8 Å². The van der Waals surface area contributed by atoms with Gasteiger partial charge in [-0.15, -0.1) is 11.3 Å². The quantitative estimate of drug-likeness (QED) is 0.749. The molecule has 1 aliphatic heterocycles. The van der Waals surface area contributed by atoms with Crippen LogP contribution in [-0.2, 0) is 4.79 Å². The summed E-state index contributed by atoms with van der Waals surface area (Å²) in [4.78, 5) is 17.9. The first-order valence-corrected chi connectivity index (χ1v) is 5.83. The van der Waals surface area contributed by atoms with Crippen molar-refractivity contribution in [2.24, 2.45) is 0 Å². The van der Waals surface area contributed by atoms with Gasteiger partial charge in [0, 0.05) is 18.1 Å². The first kappa shape index (κ1) is 9.65. The standard InChI is InChI=1S/C10H14N2OS/c1-8(13)9-4-2-3-6-12(9)10-11-5-7-14-10/h5,7,9H,2-4,6H2,1H3. The van der Waals surface area contributed by atoms with Crippen molar-refractivity contribution in [3.63, 3.8) is 0 Å². The molecule has 1 unspecified atom stereocenters. The van der Waals surface area contributed by atoms with Crippen molar-refractivity contribution in [1.82, 2.24) is 4.98 Å². The van der Waals surface area contributed by atoms with Gasteiger partial charge < -0.3 is 4.90 Å². The monoisotopic (exact) mass is 210 g/mol. The summed E-state index contributed by atoms with van der Waals surface area (Å²) in [5.74, 6) is 0.264. The summed E-state index contributed by atoms with van der Waals surface area (Å²) in [5, 5.41) is 2.95. The number of carbonyl (C=O) groups excluding carboxylic acids is 1. The van der Waals surface area contributed by atoms with Crippen LogP contribution in [0.5, 0.6) is 0 Å². The first-order chi connectivity index (χ1) is 6.79. The Bertz CT molecular complexity index is 310. The van der Waals surface area contributed by atoms with Crippen LogP contribution >= 0.6 is 11.3 Å². The fourth-order valence-electron chi connectivity index (χ4n) is 1.94. The van der Waals surface area contributed by atoms with Crippen LogP contribution < -0.4 is 4.90 Å². The van der Waals surface area contributed by atoms with Gasteiger partial charge in [-0.25, -0.2) is 4.98 Å². The van der Waals surface area contributed by atoms with E-state index in [4.69, 9.17) is 0 Å². The molecule has 0 spiro atoms. The van der Waals surface area contributed by atoms with Gasteiger partial charge in [-0.05, 0) is 26.2 Å². The van der Waals surface area contributed by atoms with E-state index >= 15 is 0 Å². The molecule has 0 N–H and O–H groups in total. The Kier molecular flexibility index (Phi) is 2.82. The van der Waals surface area contributed by atoms with E-state index < -0.39 is 0 Å². The second-order valence-corrected chi connectivity index (χ2v) is 4.50. The van der Waals surface area contributed by atoms with Gasteiger partial charge in [0.2, 0.25) is 0 Å². The van der Waals surface area contributed by atoms with Crippen molar-refractivity contribution in [2.75, 3.05) is 11.4 Å². The van der Waals surface area contributed by atoms with Crippen LogP contribution in [0.4, 0.5) is 5.13 Å². The Balaban J connectivity index is 2.18. The topological polar surface area (TPSA) is 33.2 Å². The molecule has 1 aliphatic rings. The minimum absolute atomic E-state index is 0.0647. The van der Waals surface area contributed by atoms with Crippen molar-refractivity contribution in [1.29, 1.82) is 0 Å². The average Bonchev–Trinajstić information content (AvgIpc) is 2.70. The molecule has 1 fully saturated rings. The smallest absolute Gasteiger partial charge is 0.185 e. The molecular formula is C10H14N2OS. The number of carbonyl (C=O) groups is 1. The molecule has 0 bridgehead atoms. The van der Waals surface area contributed by atoms with E-state index in [-0.39, 0.29) is 11.8 Å². The van der Waals surface area contributed by atoms with E-state index in [2.05, 4.69) is 9.88 Å². The lowest BCUT2D eigenvalue weighted by atomic mass is 10.00. The molecule has 0 saturated carbocycles. The number of rotatable bonds is 2. The molecule has 0 aliphatic carbocycles. The van der Waals surface area contributed by atoms with E-state index in [1.165, 1.54) is 6.42 Å². The third-order valence-electron chi connectivity index (χ3n) is 2.64. The molecule has 1 saturated heterocycles. The van der Waals surface area contributed by atoms with Gasteiger partial charge in [-0.1, -0.05) is 0 Å². The zero-order valence-corrected chi connectivity index (χ0v) is 9.09. The number of thiazole rings is 1. The van der Waals surface area contributed by atoms with E-state index in [1.54, 1.807) is 24.5 Å². The highest BCUT2D eigenvalue weighted by Gasteiger charge is 2.27. The highest BCUT2D eigenvalue weighted by Crippen LogP contribution is 2.26. The van der Waals surface area contributed by atoms with Crippen molar-refractivity contribution in [2.45, 2.75) is 32.2 Å². The summed E-state index contributed by atoms with van der Waals surface area (Å²) in [6.45, 7) is 2.65. The molecule has 4 heteroatoms. The number of ketones is 1. The van der Waals surface area contributed by atoms with Gasteiger partial charge in [0.25, 0.3) is 0 Å². The number of aromatic nitrogens is 1. The number of piperidine rings is 1. The Morgan fingerprint density at radius 1 is 1.64 bits per heavy atom.